The van der Waals surface area contributed by atoms with E-state index in [9.17, 15) is 8.42 Å². The van der Waals surface area contributed by atoms with Crippen molar-refractivity contribution in [2.45, 2.75) is 12.5 Å². The lowest BCUT2D eigenvalue weighted by Gasteiger charge is -2.23. The molecule has 0 fully saturated rings. The Labute approximate surface area is 159 Å². The Morgan fingerprint density at radius 2 is 1.63 bits per heavy atom. The highest BCUT2D eigenvalue weighted by Gasteiger charge is 2.36. The van der Waals surface area contributed by atoms with Crippen molar-refractivity contribution in [1.29, 1.82) is 0 Å². The van der Waals surface area contributed by atoms with Crippen molar-refractivity contribution < 1.29 is 22.6 Å². The summed E-state index contributed by atoms with van der Waals surface area (Å²) in [4.78, 5) is 0. The largest absolute Gasteiger partial charge is 0.497 e. The average Bonchev–Trinajstić information content (AvgIpc) is 3.13. The third-order valence-corrected chi connectivity index (χ3v) is 5.41. The third-order valence-electron chi connectivity index (χ3n) is 4.39. The maximum absolute atomic E-state index is 12.4. The summed E-state index contributed by atoms with van der Waals surface area (Å²) in [6.07, 6.45) is 1.55. The molecule has 144 valence electrons. The van der Waals surface area contributed by atoms with Gasteiger partial charge in [-0.1, -0.05) is 18.2 Å². The molecular formula is C19H22N2O5S. The van der Waals surface area contributed by atoms with Gasteiger partial charge in [-0.15, -0.1) is 0 Å². The topological polar surface area (TPSA) is 77.4 Å². The fourth-order valence-corrected chi connectivity index (χ4v) is 4.01. The van der Waals surface area contributed by atoms with Crippen molar-refractivity contribution in [3.8, 4) is 17.2 Å². The zero-order valence-corrected chi connectivity index (χ0v) is 16.5. The smallest absolute Gasteiger partial charge is 0.247 e. The van der Waals surface area contributed by atoms with Gasteiger partial charge in [0, 0.05) is 23.6 Å². The number of hydrazone groups is 1. The van der Waals surface area contributed by atoms with Crippen LogP contribution in [0.2, 0.25) is 0 Å². The second-order valence-corrected chi connectivity index (χ2v) is 7.99. The molecule has 2 aromatic carbocycles. The van der Waals surface area contributed by atoms with E-state index in [1.807, 2.05) is 36.4 Å². The Balaban J connectivity index is 2.07. The number of para-hydroxylation sites is 1. The van der Waals surface area contributed by atoms with Gasteiger partial charge in [0.2, 0.25) is 10.0 Å². The van der Waals surface area contributed by atoms with Crippen LogP contribution in [0, 0.1) is 0 Å². The monoisotopic (exact) mass is 390 g/mol. The molecule has 0 spiro atoms. The standard InChI is InChI=1S/C19H22N2O5S/c1-24-14-9-13(10-15(11-14)25-2)17-12-18(21(20-17)27(4,22)23)16-7-5-6-8-19(16)26-3/h5-11,18H,12H2,1-4H3. The van der Waals surface area contributed by atoms with Crippen LogP contribution >= 0.6 is 0 Å². The molecule has 0 N–H and O–H groups in total. The van der Waals surface area contributed by atoms with Crippen LogP contribution < -0.4 is 14.2 Å². The molecule has 7 nitrogen and oxygen atoms in total. The van der Waals surface area contributed by atoms with Gasteiger partial charge in [-0.05, 0) is 18.2 Å². The molecule has 2 aromatic rings. The molecule has 8 heteroatoms. The van der Waals surface area contributed by atoms with Crippen molar-refractivity contribution in [1.82, 2.24) is 4.41 Å². The first-order valence-corrected chi connectivity index (χ1v) is 10.2. The van der Waals surface area contributed by atoms with Crippen LogP contribution in [0.1, 0.15) is 23.6 Å². The van der Waals surface area contributed by atoms with Crippen molar-refractivity contribution in [2.75, 3.05) is 27.6 Å². The minimum absolute atomic E-state index is 0.407. The average molecular weight is 390 g/mol. The van der Waals surface area contributed by atoms with Crippen molar-refractivity contribution in [3.05, 3.63) is 53.6 Å². The summed E-state index contributed by atoms with van der Waals surface area (Å²) in [5.74, 6) is 1.84. The van der Waals surface area contributed by atoms with E-state index in [1.54, 1.807) is 27.4 Å². The fraction of sp³-hybridized carbons (Fsp3) is 0.316. The molecule has 1 unspecified atom stereocenters. The lowest BCUT2D eigenvalue weighted by atomic mass is 9.98. The maximum Gasteiger partial charge on any atom is 0.247 e. The fourth-order valence-electron chi connectivity index (χ4n) is 3.12. The van der Waals surface area contributed by atoms with E-state index < -0.39 is 16.1 Å². The van der Waals surface area contributed by atoms with Crippen LogP contribution in [0.5, 0.6) is 17.2 Å². The predicted molar refractivity (Wildman–Crippen MR) is 103 cm³/mol. The second kappa shape index (κ2) is 7.48. The van der Waals surface area contributed by atoms with Gasteiger partial charge in [-0.2, -0.15) is 9.52 Å². The second-order valence-electron chi connectivity index (χ2n) is 6.15. The number of sulfonamides is 1. The molecule has 1 heterocycles. The summed E-state index contributed by atoms with van der Waals surface area (Å²) in [5.41, 5.74) is 2.14. The zero-order chi connectivity index (χ0) is 19.6. The molecule has 1 aliphatic rings. The number of methoxy groups -OCH3 is 3. The van der Waals surface area contributed by atoms with E-state index in [0.717, 1.165) is 21.8 Å². The molecule has 0 radical (unpaired) electrons. The van der Waals surface area contributed by atoms with Crippen molar-refractivity contribution in [2.24, 2.45) is 5.10 Å². The molecule has 27 heavy (non-hydrogen) atoms. The van der Waals surface area contributed by atoms with Gasteiger partial charge in [0.25, 0.3) is 0 Å². The van der Waals surface area contributed by atoms with Crippen molar-refractivity contribution >= 4 is 15.7 Å². The third kappa shape index (κ3) is 3.85. The summed E-state index contributed by atoms with van der Waals surface area (Å²) >= 11 is 0. The summed E-state index contributed by atoms with van der Waals surface area (Å²) in [6, 6.07) is 12.3. The Bertz CT molecular complexity index is 950. The zero-order valence-electron chi connectivity index (χ0n) is 15.7. The van der Waals surface area contributed by atoms with Crippen LogP contribution in [0.4, 0.5) is 0 Å². The summed E-state index contributed by atoms with van der Waals surface area (Å²) < 4.78 is 41.9. The predicted octanol–water partition coefficient (Wildman–Crippen LogP) is 2.82. The molecule has 0 saturated carbocycles. The quantitative estimate of drug-likeness (QED) is 0.758. The molecule has 1 aliphatic heterocycles. The molecular weight excluding hydrogens is 368 g/mol. The van der Waals surface area contributed by atoms with Gasteiger partial charge in [0.15, 0.2) is 0 Å². The first kappa shape index (κ1) is 19.0. The number of nitrogens with zero attached hydrogens (tertiary/aromatic N) is 2. The highest BCUT2D eigenvalue weighted by atomic mass is 32.2. The maximum atomic E-state index is 12.4. The van der Waals surface area contributed by atoms with Crippen LogP contribution in [-0.2, 0) is 10.0 Å². The Kier molecular flexibility index (Phi) is 5.27. The summed E-state index contributed by atoms with van der Waals surface area (Å²) in [5, 5.41) is 4.41. The van der Waals surface area contributed by atoms with Crippen molar-refractivity contribution in [3.63, 3.8) is 0 Å². The van der Waals surface area contributed by atoms with Crippen LogP contribution in [0.15, 0.2) is 47.6 Å². The van der Waals surface area contributed by atoms with Gasteiger partial charge in [-0.3, -0.25) is 0 Å². The molecule has 3 rings (SSSR count). The van der Waals surface area contributed by atoms with E-state index in [-0.39, 0.29) is 0 Å². The van der Waals surface area contributed by atoms with Crippen LogP contribution in [0.25, 0.3) is 0 Å². The molecule has 1 atom stereocenters. The summed E-state index contributed by atoms with van der Waals surface area (Å²) in [7, 11) is 1.12. The number of hydrogen-bond acceptors (Lipinski definition) is 6. The minimum atomic E-state index is -3.57. The molecule has 0 aliphatic carbocycles. The van der Waals surface area contributed by atoms with Gasteiger partial charge in [-0.25, -0.2) is 8.42 Å². The highest BCUT2D eigenvalue weighted by Crippen LogP contribution is 2.39. The van der Waals surface area contributed by atoms with Gasteiger partial charge < -0.3 is 14.2 Å². The van der Waals surface area contributed by atoms with E-state index in [4.69, 9.17) is 14.2 Å². The first-order valence-electron chi connectivity index (χ1n) is 8.30. The molecule has 0 saturated heterocycles. The molecule has 0 bridgehead atoms. The van der Waals surface area contributed by atoms with E-state index >= 15 is 0 Å². The molecule has 0 aromatic heterocycles. The number of hydrogen-bond donors (Lipinski definition) is 0. The van der Waals surface area contributed by atoms with Crippen LogP contribution in [0.3, 0.4) is 0 Å². The minimum Gasteiger partial charge on any atom is -0.497 e. The van der Waals surface area contributed by atoms with E-state index in [2.05, 4.69) is 5.10 Å². The SMILES string of the molecule is COc1cc(OC)cc(C2=NN(S(C)(=O)=O)C(c3ccccc3OC)C2)c1. The number of benzene rings is 2. The molecule has 0 amide bonds. The van der Waals surface area contributed by atoms with E-state index in [1.165, 1.54) is 0 Å². The van der Waals surface area contributed by atoms with Gasteiger partial charge in [0.1, 0.15) is 17.2 Å². The Hall–Kier alpha value is -2.74. The first-order chi connectivity index (χ1) is 12.9. The Morgan fingerprint density at radius 1 is 1.00 bits per heavy atom. The van der Waals surface area contributed by atoms with Gasteiger partial charge in [0.05, 0.1) is 39.3 Å². The lowest BCUT2D eigenvalue weighted by molar-refractivity contribution is 0.352. The highest BCUT2D eigenvalue weighted by molar-refractivity contribution is 7.88. The van der Waals surface area contributed by atoms with E-state index in [0.29, 0.717) is 29.4 Å². The number of ether oxygens (including phenoxy) is 3. The van der Waals surface area contributed by atoms with Crippen LogP contribution in [-0.4, -0.2) is 46.1 Å². The van der Waals surface area contributed by atoms with Gasteiger partial charge >= 0.3 is 0 Å². The number of rotatable bonds is 6. The normalized spacial score (nSPS) is 16.8. The summed E-state index contributed by atoms with van der Waals surface area (Å²) in [6.45, 7) is 0. The Morgan fingerprint density at radius 3 is 2.19 bits per heavy atom. The lowest BCUT2D eigenvalue weighted by Crippen LogP contribution is -2.26.